The SMILES string of the molecule is C=CCC(CO)(CO)n1cccc1. The summed E-state index contributed by atoms with van der Waals surface area (Å²) in [5, 5.41) is 18.5. The molecule has 3 nitrogen and oxygen atoms in total. The van der Waals surface area contributed by atoms with Crippen LogP contribution in [0, 0.1) is 0 Å². The van der Waals surface area contributed by atoms with E-state index in [1.165, 1.54) is 0 Å². The van der Waals surface area contributed by atoms with E-state index in [4.69, 9.17) is 0 Å². The third-order valence-electron chi connectivity index (χ3n) is 2.27. The van der Waals surface area contributed by atoms with Crippen molar-refractivity contribution in [2.75, 3.05) is 13.2 Å². The molecule has 0 radical (unpaired) electrons. The number of nitrogens with zero attached hydrogens (tertiary/aromatic N) is 1. The Morgan fingerprint density at radius 3 is 2.15 bits per heavy atom. The zero-order valence-electron chi connectivity index (χ0n) is 7.56. The smallest absolute Gasteiger partial charge is 0.0933 e. The Morgan fingerprint density at radius 1 is 1.23 bits per heavy atom. The molecule has 0 bridgehead atoms. The van der Waals surface area contributed by atoms with Crippen LogP contribution in [-0.4, -0.2) is 28.0 Å². The highest BCUT2D eigenvalue weighted by Crippen LogP contribution is 2.20. The minimum Gasteiger partial charge on any atom is -0.394 e. The summed E-state index contributed by atoms with van der Waals surface area (Å²) in [7, 11) is 0. The molecule has 2 N–H and O–H groups in total. The van der Waals surface area contributed by atoms with Gasteiger partial charge in [0.25, 0.3) is 0 Å². The van der Waals surface area contributed by atoms with Crippen LogP contribution < -0.4 is 0 Å². The molecule has 0 saturated carbocycles. The maximum atomic E-state index is 9.25. The first-order chi connectivity index (χ1) is 6.29. The lowest BCUT2D eigenvalue weighted by molar-refractivity contribution is 0.0656. The fourth-order valence-electron chi connectivity index (χ4n) is 1.37. The Morgan fingerprint density at radius 2 is 1.77 bits per heavy atom. The van der Waals surface area contributed by atoms with E-state index in [0.29, 0.717) is 6.42 Å². The van der Waals surface area contributed by atoms with Gasteiger partial charge in [-0.3, -0.25) is 0 Å². The summed E-state index contributed by atoms with van der Waals surface area (Å²) in [6, 6.07) is 3.73. The van der Waals surface area contributed by atoms with Gasteiger partial charge in [0.15, 0.2) is 0 Å². The number of rotatable bonds is 5. The van der Waals surface area contributed by atoms with Gasteiger partial charge in [0.1, 0.15) is 0 Å². The summed E-state index contributed by atoms with van der Waals surface area (Å²) in [6.45, 7) is 3.43. The molecule has 0 spiro atoms. The highest BCUT2D eigenvalue weighted by atomic mass is 16.3. The van der Waals surface area contributed by atoms with Crippen LogP contribution in [0.25, 0.3) is 0 Å². The van der Waals surface area contributed by atoms with Gasteiger partial charge in [-0.15, -0.1) is 6.58 Å². The van der Waals surface area contributed by atoms with E-state index in [0.717, 1.165) is 0 Å². The van der Waals surface area contributed by atoms with Crippen LogP contribution in [0.2, 0.25) is 0 Å². The molecule has 1 rings (SSSR count). The number of aromatic nitrogens is 1. The third kappa shape index (κ3) is 1.82. The van der Waals surface area contributed by atoms with Crippen LogP contribution in [0.1, 0.15) is 6.42 Å². The molecule has 1 heterocycles. The highest BCUT2D eigenvalue weighted by molar-refractivity contribution is 5.01. The van der Waals surface area contributed by atoms with Gasteiger partial charge in [0.2, 0.25) is 0 Å². The van der Waals surface area contributed by atoms with Gasteiger partial charge >= 0.3 is 0 Å². The highest BCUT2D eigenvalue weighted by Gasteiger charge is 2.28. The Hall–Kier alpha value is -1.06. The zero-order valence-corrected chi connectivity index (χ0v) is 7.56. The van der Waals surface area contributed by atoms with Crippen LogP contribution in [0.15, 0.2) is 37.2 Å². The molecule has 0 aromatic carbocycles. The van der Waals surface area contributed by atoms with E-state index < -0.39 is 5.54 Å². The topological polar surface area (TPSA) is 45.4 Å². The van der Waals surface area contributed by atoms with Gasteiger partial charge in [-0.2, -0.15) is 0 Å². The van der Waals surface area contributed by atoms with Gasteiger partial charge < -0.3 is 14.8 Å². The minimum atomic E-state index is -0.634. The first-order valence-corrected chi connectivity index (χ1v) is 4.25. The fourth-order valence-corrected chi connectivity index (χ4v) is 1.37. The maximum Gasteiger partial charge on any atom is 0.0933 e. The van der Waals surface area contributed by atoms with E-state index in [9.17, 15) is 10.2 Å². The molecule has 0 aliphatic carbocycles. The van der Waals surface area contributed by atoms with Crippen LogP contribution in [0.4, 0.5) is 0 Å². The Balaban J connectivity index is 2.95. The maximum absolute atomic E-state index is 9.25. The number of aliphatic hydroxyl groups is 2. The van der Waals surface area contributed by atoms with Gasteiger partial charge in [-0.25, -0.2) is 0 Å². The van der Waals surface area contributed by atoms with Crippen molar-refractivity contribution in [1.82, 2.24) is 4.57 Å². The van der Waals surface area contributed by atoms with Crippen molar-refractivity contribution in [2.24, 2.45) is 0 Å². The molecule has 72 valence electrons. The van der Waals surface area contributed by atoms with Gasteiger partial charge in [-0.05, 0) is 18.6 Å². The molecule has 3 heteroatoms. The molecule has 0 saturated heterocycles. The van der Waals surface area contributed by atoms with Crippen molar-refractivity contribution in [2.45, 2.75) is 12.0 Å². The van der Waals surface area contributed by atoms with E-state index in [2.05, 4.69) is 6.58 Å². The Bertz CT molecular complexity index is 250. The molecule has 0 aliphatic rings. The third-order valence-corrected chi connectivity index (χ3v) is 2.27. The fraction of sp³-hybridized carbons (Fsp3) is 0.400. The van der Waals surface area contributed by atoms with E-state index in [1.54, 1.807) is 6.08 Å². The monoisotopic (exact) mass is 181 g/mol. The van der Waals surface area contributed by atoms with Crippen molar-refractivity contribution in [3.8, 4) is 0 Å². The Kier molecular flexibility index (Phi) is 3.28. The predicted molar refractivity (Wildman–Crippen MR) is 51.4 cm³/mol. The summed E-state index contributed by atoms with van der Waals surface area (Å²) in [5.74, 6) is 0. The van der Waals surface area contributed by atoms with Gasteiger partial charge in [0.05, 0.1) is 18.8 Å². The average Bonchev–Trinajstić information content (AvgIpc) is 2.68. The lowest BCUT2D eigenvalue weighted by Gasteiger charge is -2.30. The number of aliphatic hydroxyl groups excluding tert-OH is 2. The summed E-state index contributed by atoms with van der Waals surface area (Å²) in [5.41, 5.74) is -0.634. The molecule has 0 atom stereocenters. The van der Waals surface area contributed by atoms with E-state index in [-0.39, 0.29) is 13.2 Å². The Labute approximate surface area is 77.9 Å². The molecule has 0 fully saturated rings. The summed E-state index contributed by atoms with van der Waals surface area (Å²) < 4.78 is 1.81. The van der Waals surface area contributed by atoms with Crippen LogP contribution in [-0.2, 0) is 5.54 Å². The van der Waals surface area contributed by atoms with E-state index in [1.807, 2.05) is 29.1 Å². The number of hydrogen-bond acceptors (Lipinski definition) is 2. The van der Waals surface area contributed by atoms with Crippen molar-refractivity contribution >= 4 is 0 Å². The first kappa shape index (κ1) is 10.0. The van der Waals surface area contributed by atoms with Gasteiger partial charge in [0, 0.05) is 12.4 Å². The average molecular weight is 181 g/mol. The number of allylic oxidation sites excluding steroid dienone is 1. The molecule has 0 amide bonds. The van der Waals surface area contributed by atoms with E-state index >= 15 is 0 Å². The second-order valence-corrected chi connectivity index (χ2v) is 3.12. The lowest BCUT2D eigenvalue weighted by Crippen LogP contribution is -2.40. The minimum absolute atomic E-state index is 0.0931. The summed E-state index contributed by atoms with van der Waals surface area (Å²) >= 11 is 0. The summed E-state index contributed by atoms with van der Waals surface area (Å²) in [6.07, 6.45) is 5.91. The standard InChI is InChI=1S/C10H15NO2/c1-2-5-10(8-12,9-13)11-6-3-4-7-11/h2-4,6-7,12-13H,1,5,8-9H2. The number of hydrogen-bond donors (Lipinski definition) is 2. The second kappa shape index (κ2) is 4.25. The normalized spacial score (nSPS) is 11.5. The van der Waals surface area contributed by atoms with Crippen LogP contribution in [0.5, 0.6) is 0 Å². The second-order valence-electron chi connectivity index (χ2n) is 3.12. The molecule has 13 heavy (non-hydrogen) atoms. The quantitative estimate of drug-likeness (QED) is 0.658. The zero-order chi connectivity index (χ0) is 9.73. The molecule has 1 aromatic heterocycles. The van der Waals surface area contributed by atoms with Gasteiger partial charge in [-0.1, -0.05) is 6.08 Å². The molecule has 0 unspecified atom stereocenters. The van der Waals surface area contributed by atoms with Crippen LogP contribution >= 0.6 is 0 Å². The first-order valence-electron chi connectivity index (χ1n) is 4.25. The van der Waals surface area contributed by atoms with Crippen molar-refractivity contribution < 1.29 is 10.2 Å². The molecule has 1 aromatic rings. The van der Waals surface area contributed by atoms with Crippen LogP contribution in [0.3, 0.4) is 0 Å². The largest absolute Gasteiger partial charge is 0.394 e. The van der Waals surface area contributed by atoms with Crippen molar-refractivity contribution in [1.29, 1.82) is 0 Å². The molecule has 0 aliphatic heterocycles. The van der Waals surface area contributed by atoms with Crippen molar-refractivity contribution in [3.05, 3.63) is 37.2 Å². The molecular formula is C10H15NO2. The molecular weight excluding hydrogens is 166 g/mol. The summed E-state index contributed by atoms with van der Waals surface area (Å²) in [4.78, 5) is 0. The lowest BCUT2D eigenvalue weighted by atomic mass is 9.97. The van der Waals surface area contributed by atoms with Crippen molar-refractivity contribution in [3.63, 3.8) is 0 Å². The predicted octanol–water partition coefficient (Wildman–Crippen LogP) is 0.744.